The van der Waals surface area contributed by atoms with Gasteiger partial charge in [-0.25, -0.2) is 0 Å². The van der Waals surface area contributed by atoms with Gasteiger partial charge in [0.1, 0.15) is 0 Å². The van der Waals surface area contributed by atoms with Gasteiger partial charge in [-0.15, -0.1) is 0 Å². The second kappa shape index (κ2) is 3.37. The standard InChI is InChI=1S/C9H11BrO/c1-9(11,7-10)8-5-3-2-4-6-8/h2-6,11H,7H2,1H3/t9-/m0/s1. The topological polar surface area (TPSA) is 20.2 Å². The molecule has 0 aliphatic carbocycles. The summed E-state index contributed by atoms with van der Waals surface area (Å²) in [5.41, 5.74) is 0.193. The minimum Gasteiger partial charge on any atom is -0.385 e. The maximum Gasteiger partial charge on any atom is 0.0964 e. The molecule has 0 unspecified atom stereocenters. The Kier molecular flexibility index (Phi) is 2.68. The van der Waals surface area contributed by atoms with E-state index in [0.717, 1.165) is 5.56 Å². The Morgan fingerprint density at radius 1 is 1.36 bits per heavy atom. The molecule has 60 valence electrons. The van der Waals surface area contributed by atoms with E-state index in [1.165, 1.54) is 0 Å². The molecule has 0 aliphatic heterocycles. The minimum absolute atomic E-state index is 0.560. The first-order valence-electron chi connectivity index (χ1n) is 3.51. The zero-order valence-electron chi connectivity index (χ0n) is 6.42. The smallest absolute Gasteiger partial charge is 0.0964 e. The molecule has 0 bridgehead atoms. The Labute approximate surface area is 75.2 Å². The van der Waals surface area contributed by atoms with Crippen LogP contribution in [0.15, 0.2) is 30.3 Å². The van der Waals surface area contributed by atoms with Crippen LogP contribution < -0.4 is 0 Å². The van der Waals surface area contributed by atoms with Crippen molar-refractivity contribution in [1.29, 1.82) is 0 Å². The number of benzene rings is 1. The van der Waals surface area contributed by atoms with Crippen molar-refractivity contribution in [3.63, 3.8) is 0 Å². The summed E-state index contributed by atoms with van der Waals surface area (Å²) >= 11 is 3.26. The van der Waals surface area contributed by atoms with E-state index < -0.39 is 5.60 Å². The van der Waals surface area contributed by atoms with Crippen molar-refractivity contribution in [3.05, 3.63) is 35.9 Å². The van der Waals surface area contributed by atoms with Crippen molar-refractivity contribution in [2.45, 2.75) is 12.5 Å². The number of alkyl halides is 1. The molecule has 0 spiro atoms. The number of aliphatic hydroxyl groups is 1. The van der Waals surface area contributed by atoms with Gasteiger partial charge in [-0.2, -0.15) is 0 Å². The normalized spacial score (nSPS) is 15.9. The summed E-state index contributed by atoms with van der Waals surface area (Å²) in [6, 6.07) is 9.62. The van der Waals surface area contributed by atoms with Crippen molar-refractivity contribution in [2.24, 2.45) is 0 Å². The summed E-state index contributed by atoms with van der Waals surface area (Å²) in [6.07, 6.45) is 0. The van der Waals surface area contributed by atoms with Gasteiger partial charge in [-0.05, 0) is 12.5 Å². The molecule has 1 nitrogen and oxygen atoms in total. The predicted octanol–water partition coefficient (Wildman–Crippen LogP) is 2.29. The van der Waals surface area contributed by atoms with Gasteiger partial charge in [0, 0.05) is 5.33 Å². The highest BCUT2D eigenvalue weighted by Crippen LogP contribution is 2.21. The lowest BCUT2D eigenvalue weighted by molar-refractivity contribution is 0.0853. The first kappa shape index (κ1) is 8.75. The first-order valence-corrected chi connectivity index (χ1v) is 4.63. The fraction of sp³-hybridized carbons (Fsp3) is 0.333. The first-order chi connectivity index (χ1) is 5.17. The van der Waals surface area contributed by atoms with Gasteiger partial charge in [-0.3, -0.25) is 0 Å². The predicted molar refractivity (Wildman–Crippen MR) is 49.8 cm³/mol. The van der Waals surface area contributed by atoms with E-state index in [1.807, 2.05) is 30.3 Å². The van der Waals surface area contributed by atoms with Crippen LogP contribution in [0, 0.1) is 0 Å². The van der Waals surface area contributed by atoms with Crippen molar-refractivity contribution < 1.29 is 5.11 Å². The Balaban J connectivity index is 2.93. The molecule has 1 aromatic rings. The maximum atomic E-state index is 9.75. The second-order valence-electron chi connectivity index (χ2n) is 2.77. The van der Waals surface area contributed by atoms with Gasteiger partial charge in [-0.1, -0.05) is 46.3 Å². The van der Waals surface area contributed by atoms with Crippen molar-refractivity contribution in [3.8, 4) is 0 Å². The van der Waals surface area contributed by atoms with Gasteiger partial charge in [0.25, 0.3) is 0 Å². The van der Waals surface area contributed by atoms with Crippen LogP contribution in [0.1, 0.15) is 12.5 Å². The van der Waals surface area contributed by atoms with Crippen LogP contribution >= 0.6 is 15.9 Å². The highest BCUT2D eigenvalue weighted by atomic mass is 79.9. The molecular formula is C9H11BrO. The molecule has 0 fully saturated rings. The van der Waals surface area contributed by atoms with Crippen LogP contribution in [-0.4, -0.2) is 10.4 Å². The third-order valence-electron chi connectivity index (χ3n) is 1.66. The lowest BCUT2D eigenvalue weighted by Gasteiger charge is -2.20. The minimum atomic E-state index is -0.749. The fourth-order valence-electron chi connectivity index (χ4n) is 0.874. The molecule has 1 N–H and O–H groups in total. The van der Waals surface area contributed by atoms with Crippen LogP contribution in [0.3, 0.4) is 0 Å². The third-order valence-corrected chi connectivity index (χ3v) is 2.75. The molecule has 1 atom stereocenters. The Hall–Kier alpha value is -0.340. The van der Waals surface area contributed by atoms with Crippen LogP contribution in [0.25, 0.3) is 0 Å². The van der Waals surface area contributed by atoms with Crippen LogP contribution in [0.4, 0.5) is 0 Å². The lowest BCUT2D eigenvalue weighted by atomic mass is 9.99. The highest BCUT2D eigenvalue weighted by Gasteiger charge is 2.20. The SMILES string of the molecule is C[C@](O)(CBr)c1ccccc1. The highest BCUT2D eigenvalue weighted by molar-refractivity contribution is 9.09. The summed E-state index contributed by atoms with van der Waals surface area (Å²) in [5, 5.41) is 10.3. The van der Waals surface area contributed by atoms with Gasteiger partial charge >= 0.3 is 0 Å². The second-order valence-corrected chi connectivity index (χ2v) is 3.33. The van der Waals surface area contributed by atoms with E-state index in [2.05, 4.69) is 15.9 Å². The summed E-state index contributed by atoms with van der Waals surface area (Å²) in [4.78, 5) is 0. The van der Waals surface area contributed by atoms with Crippen molar-refractivity contribution >= 4 is 15.9 Å². The van der Waals surface area contributed by atoms with E-state index in [0.29, 0.717) is 5.33 Å². The number of halogens is 1. The number of hydrogen-bond acceptors (Lipinski definition) is 1. The molecule has 0 heterocycles. The quantitative estimate of drug-likeness (QED) is 0.750. The number of hydrogen-bond donors (Lipinski definition) is 1. The Morgan fingerprint density at radius 2 is 1.91 bits per heavy atom. The third kappa shape index (κ3) is 2.04. The van der Waals surface area contributed by atoms with E-state index in [-0.39, 0.29) is 0 Å². The average Bonchev–Trinajstić information content (AvgIpc) is 2.06. The van der Waals surface area contributed by atoms with E-state index in [4.69, 9.17) is 0 Å². The lowest BCUT2D eigenvalue weighted by Crippen LogP contribution is -2.22. The molecule has 0 amide bonds. The summed E-state index contributed by atoms with van der Waals surface area (Å²) in [6.45, 7) is 1.79. The number of rotatable bonds is 2. The van der Waals surface area contributed by atoms with Crippen LogP contribution in [0.5, 0.6) is 0 Å². The zero-order chi connectivity index (χ0) is 8.32. The van der Waals surface area contributed by atoms with Crippen LogP contribution in [-0.2, 0) is 5.60 Å². The molecule has 0 radical (unpaired) electrons. The monoisotopic (exact) mass is 214 g/mol. The maximum absolute atomic E-state index is 9.75. The Bertz CT molecular complexity index is 218. The largest absolute Gasteiger partial charge is 0.385 e. The van der Waals surface area contributed by atoms with E-state index in [1.54, 1.807) is 6.92 Å². The molecule has 1 rings (SSSR count). The van der Waals surface area contributed by atoms with Gasteiger partial charge in [0.15, 0.2) is 0 Å². The van der Waals surface area contributed by atoms with Gasteiger partial charge < -0.3 is 5.11 Å². The average molecular weight is 215 g/mol. The summed E-state index contributed by atoms with van der Waals surface area (Å²) < 4.78 is 0. The van der Waals surface area contributed by atoms with Crippen LogP contribution in [0.2, 0.25) is 0 Å². The molecule has 1 aromatic carbocycles. The fourth-order valence-corrected chi connectivity index (χ4v) is 1.20. The van der Waals surface area contributed by atoms with Gasteiger partial charge in [0.2, 0.25) is 0 Å². The molecule has 0 aliphatic rings. The summed E-state index contributed by atoms with van der Waals surface area (Å²) in [7, 11) is 0. The molecule has 2 heteroatoms. The van der Waals surface area contributed by atoms with Crippen molar-refractivity contribution in [2.75, 3.05) is 5.33 Å². The van der Waals surface area contributed by atoms with Crippen molar-refractivity contribution in [1.82, 2.24) is 0 Å². The molecule has 0 saturated carbocycles. The van der Waals surface area contributed by atoms with E-state index in [9.17, 15) is 5.11 Å². The molecule has 0 aromatic heterocycles. The zero-order valence-corrected chi connectivity index (χ0v) is 8.01. The molecule has 0 saturated heterocycles. The van der Waals surface area contributed by atoms with Gasteiger partial charge in [0.05, 0.1) is 5.60 Å². The summed E-state index contributed by atoms with van der Waals surface area (Å²) in [5.74, 6) is 0. The van der Waals surface area contributed by atoms with E-state index >= 15 is 0 Å². The Morgan fingerprint density at radius 3 is 2.36 bits per heavy atom. The molecular weight excluding hydrogens is 204 g/mol. The molecule has 11 heavy (non-hydrogen) atoms.